The summed E-state index contributed by atoms with van der Waals surface area (Å²) in [4.78, 5) is 53.2. The highest BCUT2D eigenvalue weighted by atomic mass is 16.6. The number of methoxy groups -OCH3 is 1. The second-order valence-corrected chi connectivity index (χ2v) is 10.6. The van der Waals surface area contributed by atoms with Gasteiger partial charge in [0.1, 0.15) is 23.4 Å². The average Bonchev–Trinajstić information content (AvgIpc) is 3.54. The molecule has 41 heavy (non-hydrogen) atoms. The minimum atomic E-state index is -1.11. The summed E-state index contributed by atoms with van der Waals surface area (Å²) in [6.07, 6.45) is 5.22. The molecule has 3 heterocycles. The van der Waals surface area contributed by atoms with Gasteiger partial charge in [0.2, 0.25) is 11.8 Å². The molecule has 0 radical (unpaired) electrons. The van der Waals surface area contributed by atoms with Crippen molar-refractivity contribution >= 4 is 23.5 Å². The number of nitrogens with one attached hydrogen (secondary N) is 3. The molecule has 12 heteroatoms. The number of epoxide rings is 1. The molecule has 0 saturated carbocycles. The third kappa shape index (κ3) is 8.44. The highest BCUT2D eigenvalue weighted by molar-refractivity contribution is 5.99. The first-order chi connectivity index (χ1) is 19.8. The molecule has 1 aromatic heterocycles. The van der Waals surface area contributed by atoms with Crippen molar-refractivity contribution in [2.45, 2.75) is 69.3 Å². The van der Waals surface area contributed by atoms with Crippen LogP contribution < -0.4 is 16.0 Å². The van der Waals surface area contributed by atoms with Gasteiger partial charge in [-0.3, -0.25) is 23.9 Å². The fraction of sp³-hybridized carbons (Fsp3) is 0.552. The van der Waals surface area contributed by atoms with Crippen LogP contribution in [0, 0.1) is 0 Å². The van der Waals surface area contributed by atoms with Gasteiger partial charge in [-0.05, 0) is 37.8 Å². The van der Waals surface area contributed by atoms with Crippen molar-refractivity contribution in [2.24, 2.45) is 0 Å². The maximum absolute atomic E-state index is 13.6. The molecule has 2 aromatic rings. The minimum Gasteiger partial charge on any atom is -0.382 e. The number of benzene rings is 1. The Balaban J connectivity index is 1.52. The molecule has 0 unspecified atom stereocenters. The van der Waals surface area contributed by atoms with Crippen LogP contribution in [-0.2, 0) is 41.6 Å². The Morgan fingerprint density at radius 2 is 1.90 bits per heavy atom. The van der Waals surface area contributed by atoms with E-state index in [1.54, 1.807) is 23.9 Å². The van der Waals surface area contributed by atoms with Gasteiger partial charge < -0.3 is 30.2 Å². The second-order valence-electron chi connectivity index (χ2n) is 10.6. The van der Waals surface area contributed by atoms with Crippen LogP contribution in [0.5, 0.6) is 0 Å². The lowest BCUT2D eigenvalue weighted by Gasteiger charge is -2.26. The van der Waals surface area contributed by atoms with Crippen molar-refractivity contribution < 1.29 is 33.4 Å². The summed E-state index contributed by atoms with van der Waals surface area (Å²) >= 11 is 0. The summed E-state index contributed by atoms with van der Waals surface area (Å²) in [5.74, 6) is -1.91. The number of ether oxygens (including phenoxy) is 3. The lowest BCUT2D eigenvalue weighted by atomic mass is 9.94. The first-order valence-electron chi connectivity index (χ1n) is 14.0. The SMILES string of the molecule is COC[C@@H]1NC(=O)c2ccnn2CCCCCCOC[C@@H](C(=O)N[C@@H](Cc2ccccc2)C(=O)[C@@]2(C)CO2)NC1=O. The quantitative estimate of drug-likeness (QED) is 0.395. The van der Waals surface area contributed by atoms with Gasteiger partial charge in [-0.25, -0.2) is 0 Å². The van der Waals surface area contributed by atoms with Gasteiger partial charge in [-0.2, -0.15) is 5.10 Å². The summed E-state index contributed by atoms with van der Waals surface area (Å²) in [5.41, 5.74) is 0.255. The lowest BCUT2D eigenvalue weighted by molar-refractivity contribution is -0.134. The molecular formula is C29H39N5O7. The summed E-state index contributed by atoms with van der Waals surface area (Å²) in [7, 11) is 1.41. The fourth-order valence-electron chi connectivity index (χ4n) is 4.71. The number of aromatic nitrogens is 2. The molecule has 2 aliphatic rings. The van der Waals surface area contributed by atoms with E-state index in [0.717, 1.165) is 31.2 Å². The van der Waals surface area contributed by atoms with Crippen LogP contribution in [0.1, 0.15) is 48.7 Å². The predicted molar refractivity (Wildman–Crippen MR) is 148 cm³/mol. The van der Waals surface area contributed by atoms with Gasteiger partial charge in [0, 0.05) is 26.5 Å². The number of amides is 3. The predicted octanol–water partition coefficient (Wildman–Crippen LogP) is 0.789. The smallest absolute Gasteiger partial charge is 0.270 e. The molecule has 0 spiro atoms. The Morgan fingerprint density at radius 3 is 2.63 bits per heavy atom. The molecular weight excluding hydrogens is 530 g/mol. The number of carbonyl (C=O) groups excluding carboxylic acids is 4. The zero-order valence-electron chi connectivity index (χ0n) is 23.6. The number of rotatable bonds is 8. The third-order valence-corrected chi connectivity index (χ3v) is 7.24. The van der Waals surface area contributed by atoms with Crippen LogP contribution in [0.25, 0.3) is 0 Å². The fourth-order valence-corrected chi connectivity index (χ4v) is 4.71. The van der Waals surface area contributed by atoms with Gasteiger partial charge in [0.05, 0.1) is 25.9 Å². The molecule has 2 aliphatic heterocycles. The summed E-state index contributed by atoms with van der Waals surface area (Å²) < 4.78 is 18.0. The monoisotopic (exact) mass is 569 g/mol. The van der Waals surface area contributed by atoms with E-state index in [0.29, 0.717) is 18.8 Å². The number of aryl methyl sites for hydroxylation is 1. The summed E-state index contributed by atoms with van der Waals surface area (Å²) in [6, 6.07) is 7.88. The van der Waals surface area contributed by atoms with Crippen molar-refractivity contribution in [2.75, 3.05) is 33.5 Å². The van der Waals surface area contributed by atoms with Crippen LogP contribution in [0.4, 0.5) is 0 Å². The first kappa shape index (κ1) is 30.4. The van der Waals surface area contributed by atoms with Crippen LogP contribution in [0.15, 0.2) is 42.6 Å². The molecule has 222 valence electrons. The summed E-state index contributed by atoms with van der Waals surface area (Å²) in [6.45, 7) is 2.74. The molecule has 4 atom stereocenters. The van der Waals surface area contributed by atoms with Gasteiger partial charge in [0.15, 0.2) is 5.78 Å². The first-order valence-corrected chi connectivity index (χ1v) is 14.0. The maximum Gasteiger partial charge on any atom is 0.270 e. The highest BCUT2D eigenvalue weighted by Crippen LogP contribution is 2.29. The molecule has 4 rings (SSSR count). The Labute approximate surface area is 239 Å². The number of Topliss-reactive ketones (excluding diaryl/α,β-unsaturated/α-hetero) is 1. The van der Waals surface area contributed by atoms with E-state index in [1.807, 2.05) is 30.3 Å². The van der Waals surface area contributed by atoms with Crippen LogP contribution in [-0.4, -0.2) is 90.5 Å². The van der Waals surface area contributed by atoms with Crippen molar-refractivity contribution in [1.29, 1.82) is 0 Å². The standard InChI is InChI=1S/C29H39N5O7/c1-29(19-41-29)25(35)21(16-20-10-6-5-7-11-20)31-27(37)23-18-40-15-9-4-3-8-14-34-24(12-13-30-34)28(38)33-22(17-39-2)26(36)32-23/h5-7,10-13,21-23H,3-4,8-9,14-19H2,1-2H3,(H,31,37)(H,32,36)(H,33,38)/t21-,22-,23-,29+/m0/s1. The van der Waals surface area contributed by atoms with Crippen LogP contribution in [0.3, 0.4) is 0 Å². The number of fused-ring (bicyclic) bond motifs is 1. The lowest BCUT2D eigenvalue weighted by Crippen LogP contribution is -2.59. The van der Waals surface area contributed by atoms with E-state index in [9.17, 15) is 19.2 Å². The Bertz CT molecular complexity index is 1200. The molecule has 1 aromatic carbocycles. The highest BCUT2D eigenvalue weighted by Gasteiger charge is 2.50. The van der Waals surface area contributed by atoms with E-state index in [4.69, 9.17) is 14.2 Å². The van der Waals surface area contributed by atoms with Gasteiger partial charge in [-0.1, -0.05) is 43.2 Å². The molecule has 0 aliphatic carbocycles. The van der Waals surface area contributed by atoms with Gasteiger partial charge in [-0.15, -0.1) is 0 Å². The number of carbonyl (C=O) groups is 4. The third-order valence-electron chi connectivity index (χ3n) is 7.24. The average molecular weight is 570 g/mol. The molecule has 3 N–H and O–H groups in total. The zero-order valence-corrected chi connectivity index (χ0v) is 23.6. The number of ketones is 1. The normalized spacial score (nSPS) is 24.8. The van der Waals surface area contributed by atoms with Crippen LogP contribution >= 0.6 is 0 Å². The molecule has 12 nitrogen and oxygen atoms in total. The summed E-state index contributed by atoms with van der Waals surface area (Å²) in [5, 5.41) is 12.5. The number of hydrogen-bond donors (Lipinski definition) is 3. The Kier molecular flexibility index (Phi) is 10.6. The molecule has 3 amide bonds. The number of hydrogen-bond acceptors (Lipinski definition) is 8. The second kappa shape index (κ2) is 14.3. The van der Waals surface area contributed by atoms with E-state index < -0.39 is 41.4 Å². The van der Waals surface area contributed by atoms with Gasteiger partial charge in [0.25, 0.3) is 5.91 Å². The van der Waals surface area contributed by atoms with E-state index >= 15 is 0 Å². The van der Waals surface area contributed by atoms with E-state index in [2.05, 4.69) is 21.0 Å². The molecule has 1 fully saturated rings. The Morgan fingerprint density at radius 1 is 1.15 bits per heavy atom. The van der Waals surface area contributed by atoms with E-state index in [-0.39, 0.29) is 32.0 Å². The van der Waals surface area contributed by atoms with Crippen molar-refractivity contribution in [1.82, 2.24) is 25.7 Å². The van der Waals surface area contributed by atoms with E-state index in [1.165, 1.54) is 7.11 Å². The van der Waals surface area contributed by atoms with Crippen molar-refractivity contribution in [3.05, 3.63) is 53.9 Å². The van der Waals surface area contributed by atoms with Crippen LogP contribution in [0.2, 0.25) is 0 Å². The van der Waals surface area contributed by atoms with Crippen molar-refractivity contribution in [3.8, 4) is 0 Å². The zero-order chi connectivity index (χ0) is 29.2. The largest absolute Gasteiger partial charge is 0.382 e. The van der Waals surface area contributed by atoms with Gasteiger partial charge >= 0.3 is 0 Å². The van der Waals surface area contributed by atoms with Crippen molar-refractivity contribution in [3.63, 3.8) is 0 Å². The molecule has 0 bridgehead atoms. The Hall–Kier alpha value is -3.61. The number of nitrogens with zero attached hydrogens (tertiary/aromatic N) is 2. The molecule has 1 saturated heterocycles. The maximum atomic E-state index is 13.6. The minimum absolute atomic E-state index is 0.0992. The topological polar surface area (TPSA) is 153 Å².